The van der Waals surface area contributed by atoms with Crippen molar-refractivity contribution in [3.05, 3.63) is 0 Å². The van der Waals surface area contributed by atoms with Gasteiger partial charge in [0.15, 0.2) is 0 Å². The van der Waals surface area contributed by atoms with Crippen molar-refractivity contribution < 1.29 is 14.6 Å². The third-order valence-corrected chi connectivity index (χ3v) is 4.20. The summed E-state index contributed by atoms with van der Waals surface area (Å²) in [4.78, 5) is 14.3. The minimum Gasteiger partial charge on any atom is -0.396 e. The summed E-state index contributed by atoms with van der Waals surface area (Å²) in [6.45, 7) is 1.55. The number of aliphatic hydroxyl groups is 1. The lowest BCUT2D eigenvalue weighted by atomic mass is 10.00. The Labute approximate surface area is 115 Å². The van der Waals surface area contributed by atoms with E-state index in [2.05, 4.69) is 5.32 Å². The molecule has 5 nitrogen and oxygen atoms in total. The van der Waals surface area contributed by atoms with Crippen LogP contribution in [0.2, 0.25) is 0 Å². The van der Waals surface area contributed by atoms with Gasteiger partial charge in [0.1, 0.15) is 0 Å². The molecule has 0 aromatic rings. The Morgan fingerprint density at radius 3 is 2.84 bits per heavy atom. The highest BCUT2D eigenvalue weighted by Gasteiger charge is 2.34. The lowest BCUT2D eigenvalue weighted by molar-refractivity contribution is 0.117. The summed E-state index contributed by atoms with van der Waals surface area (Å²) < 4.78 is 5.19. The Kier molecular flexibility index (Phi) is 5.45. The van der Waals surface area contributed by atoms with Crippen LogP contribution >= 0.6 is 0 Å². The van der Waals surface area contributed by atoms with E-state index in [1.165, 1.54) is 12.8 Å². The second kappa shape index (κ2) is 7.10. The van der Waals surface area contributed by atoms with Gasteiger partial charge in [0.05, 0.1) is 12.6 Å². The molecule has 5 heteroatoms. The Balaban J connectivity index is 1.88. The summed E-state index contributed by atoms with van der Waals surface area (Å²) in [5.74, 6) is 0.588. The molecule has 2 amide bonds. The monoisotopic (exact) mass is 270 g/mol. The molecule has 0 aromatic carbocycles. The molecular formula is C14H26N2O3. The number of hydrogen-bond acceptors (Lipinski definition) is 3. The van der Waals surface area contributed by atoms with Gasteiger partial charge in [0.25, 0.3) is 0 Å². The first kappa shape index (κ1) is 14.6. The molecular weight excluding hydrogens is 244 g/mol. The third-order valence-electron chi connectivity index (χ3n) is 4.20. The molecule has 2 rings (SSSR count). The number of likely N-dealkylation sites (tertiary alicyclic amines) is 1. The zero-order chi connectivity index (χ0) is 13.7. The number of aliphatic hydroxyl groups excluding tert-OH is 1. The van der Waals surface area contributed by atoms with Crippen molar-refractivity contribution in [2.45, 2.75) is 50.6 Å². The Morgan fingerprint density at radius 1 is 1.42 bits per heavy atom. The fourth-order valence-electron chi connectivity index (χ4n) is 2.93. The average Bonchev–Trinajstić information content (AvgIpc) is 3.23. The Morgan fingerprint density at radius 2 is 2.21 bits per heavy atom. The average molecular weight is 270 g/mol. The van der Waals surface area contributed by atoms with Crippen LogP contribution in [-0.2, 0) is 4.74 Å². The number of nitrogens with zero attached hydrogens (tertiary/aromatic N) is 1. The number of piperidine rings is 1. The van der Waals surface area contributed by atoms with Crippen LogP contribution in [0, 0.1) is 5.92 Å². The summed E-state index contributed by atoms with van der Waals surface area (Å²) in [6, 6.07) is 0.363. The molecule has 110 valence electrons. The van der Waals surface area contributed by atoms with Crippen LogP contribution in [0.15, 0.2) is 0 Å². The largest absolute Gasteiger partial charge is 0.396 e. The van der Waals surface area contributed by atoms with Crippen molar-refractivity contribution in [3.8, 4) is 0 Å². The summed E-state index contributed by atoms with van der Waals surface area (Å²) in [5, 5.41) is 12.2. The number of rotatable bonds is 6. The molecule has 2 unspecified atom stereocenters. The van der Waals surface area contributed by atoms with Crippen LogP contribution in [0.4, 0.5) is 4.79 Å². The van der Waals surface area contributed by atoms with E-state index < -0.39 is 0 Å². The minimum absolute atomic E-state index is 0.0205. The second-order valence-electron chi connectivity index (χ2n) is 5.70. The van der Waals surface area contributed by atoms with E-state index in [1.807, 2.05) is 4.90 Å². The first-order valence-corrected chi connectivity index (χ1v) is 7.43. The normalized spacial score (nSPS) is 25.2. The van der Waals surface area contributed by atoms with Gasteiger partial charge >= 0.3 is 6.03 Å². The zero-order valence-corrected chi connectivity index (χ0v) is 11.8. The van der Waals surface area contributed by atoms with Crippen molar-refractivity contribution in [1.82, 2.24) is 10.2 Å². The molecule has 1 heterocycles. The minimum atomic E-state index is 0.0205. The summed E-state index contributed by atoms with van der Waals surface area (Å²) in [5.41, 5.74) is 0. The van der Waals surface area contributed by atoms with Crippen molar-refractivity contribution in [2.75, 3.05) is 26.9 Å². The first-order valence-electron chi connectivity index (χ1n) is 7.43. The number of amides is 2. The standard InChI is InChI=1S/C14H26N2O3/c1-19-10-13(11-5-6-11)15-14(18)16-8-3-2-4-12(16)7-9-17/h11-13,17H,2-10H2,1H3,(H,15,18). The molecule has 1 aliphatic carbocycles. The fraction of sp³-hybridized carbons (Fsp3) is 0.929. The van der Waals surface area contributed by atoms with Gasteiger partial charge in [0.2, 0.25) is 0 Å². The molecule has 19 heavy (non-hydrogen) atoms. The van der Waals surface area contributed by atoms with Gasteiger partial charge < -0.3 is 20.1 Å². The zero-order valence-electron chi connectivity index (χ0n) is 11.8. The molecule has 1 saturated carbocycles. The maximum Gasteiger partial charge on any atom is 0.317 e. The molecule has 0 bridgehead atoms. The van der Waals surface area contributed by atoms with E-state index in [9.17, 15) is 4.79 Å². The van der Waals surface area contributed by atoms with Gasteiger partial charge in [-0.05, 0) is 44.4 Å². The molecule has 2 N–H and O–H groups in total. The summed E-state index contributed by atoms with van der Waals surface area (Å²) in [6.07, 6.45) is 6.28. The maximum atomic E-state index is 12.4. The van der Waals surface area contributed by atoms with Gasteiger partial charge in [-0.15, -0.1) is 0 Å². The molecule has 0 aromatic heterocycles. The van der Waals surface area contributed by atoms with E-state index in [4.69, 9.17) is 9.84 Å². The quantitative estimate of drug-likeness (QED) is 0.766. The van der Waals surface area contributed by atoms with E-state index in [0.29, 0.717) is 18.9 Å². The van der Waals surface area contributed by atoms with Crippen LogP contribution in [-0.4, -0.2) is 55.0 Å². The number of hydrogen-bond donors (Lipinski definition) is 2. The van der Waals surface area contributed by atoms with Crippen LogP contribution in [0.25, 0.3) is 0 Å². The van der Waals surface area contributed by atoms with Crippen molar-refractivity contribution in [1.29, 1.82) is 0 Å². The van der Waals surface area contributed by atoms with E-state index >= 15 is 0 Å². The predicted octanol–water partition coefficient (Wildman–Crippen LogP) is 1.36. The third kappa shape index (κ3) is 4.08. The van der Waals surface area contributed by atoms with E-state index in [0.717, 1.165) is 25.8 Å². The molecule has 2 atom stereocenters. The maximum absolute atomic E-state index is 12.4. The Bertz CT molecular complexity index is 292. The molecule has 0 spiro atoms. The van der Waals surface area contributed by atoms with Crippen molar-refractivity contribution in [2.24, 2.45) is 5.92 Å². The van der Waals surface area contributed by atoms with E-state index in [1.54, 1.807) is 7.11 Å². The topological polar surface area (TPSA) is 61.8 Å². The highest BCUT2D eigenvalue weighted by atomic mass is 16.5. The van der Waals surface area contributed by atoms with Gasteiger partial charge in [-0.25, -0.2) is 4.79 Å². The van der Waals surface area contributed by atoms with Crippen LogP contribution in [0.1, 0.15) is 38.5 Å². The van der Waals surface area contributed by atoms with Gasteiger partial charge in [-0.2, -0.15) is 0 Å². The number of urea groups is 1. The fourth-order valence-corrected chi connectivity index (χ4v) is 2.93. The molecule has 1 aliphatic heterocycles. The van der Waals surface area contributed by atoms with Crippen molar-refractivity contribution >= 4 is 6.03 Å². The van der Waals surface area contributed by atoms with Gasteiger partial charge in [-0.1, -0.05) is 0 Å². The summed E-state index contributed by atoms with van der Waals surface area (Å²) >= 11 is 0. The smallest absolute Gasteiger partial charge is 0.317 e. The number of ether oxygens (including phenoxy) is 1. The predicted molar refractivity (Wildman–Crippen MR) is 73.0 cm³/mol. The molecule has 0 radical (unpaired) electrons. The van der Waals surface area contributed by atoms with Crippen molar-refractivity contribution in [3.63, 3.8) is 0 Å². The van der Waals surface area contributed by atoms with Gasteiger partial charge in [0, 0.05) is 26.3 Å². The summed E-state index contributed by atoms with van der Waals surface area (Å²) in [7, 11) is 1.68. The lowest BCUT2D eigenvalue weighted by Gasteiger charge is -2.36. The number of methoxy groups -OCH3 is 1. The highest BCUT2D eigenvalue weighted by molar-refractivity contribution is 5.75. The van der Waals surface area contributed by atoms with E-state index in [-0.39, 0.29) is 24.7 Å². The van der Waals surface area contributed by atoms with Crippen LogP contribution < -0.4 is 5.32 Å². The number of nitrogens with one attached hydrogen (secondary N) is 1. The number of carbonyl (C=O) groups is 1. The van der Waals surface area contributed by atoms with Crippen LogP contribution in [0.5, 0.6) is 0 Å². The first-order chi connectivity index (χ1) is 9.26. The number of carbonyl (C=O) groups excluding carboxylic acids is 1. The second-order valence-corrected chi connectivity index (χ2v) is 5.70. The van der Waals surface area contributed by atoms with Crippen LogP contribution in [0.3, 0.4) is 0 Å². The highest BCUT2D eigenvalue weighted by Crippen LogP contribution is 2.33. The van der Waals surface area contributed by atoms with Gasteiger partial charge in [-0.3, -0.25) is 0 Å². The lowest BCUT2D eigenvalue weighted by Crippen LogP contribution is -2.52. The molecule has 2 aliphatic rings. The molecule has 2 fully saturated rings. The Hall–Kier alpha value is -0.810. The molecule has 1 saturated heterocycles. The SMILES string of the molecule is COCC(NC(=O)N1CCCCC1CCO)C1CC1.